The molecule has 2 aromatic rings. The number of benzene rings is 2. The third-order valence-electron chi connectivity index (χ3n) is 4.82. The zero-order valence-electron chi connectivity index (χ0n) is 11.9. The second-order valence-corrected chi connectivity index (χ2v) is 6.13. The molecule has 0 aromatic heterocycles. The number of aryl methyl sites for hydroxylation is 3. The standard InChI is InChI=1S/C19H21N/c1-2-7-16-13-17(10-9-14(16)5-1)19-12-11-15-6-3-4-8-18(15)20-19/h3-4,6,8-10,13,19-20H,1-2,5,7,11-12H2/t19-/m0/s1. The van der Waals surface area contributed by atoms with Crippen molar-refractivity contribution < 1.29 is 0 Å². The summed E-state index contributed by atoms with van der Waals surface area (Å²) in [5.41, 5.74) is 7.42. The number of hydrogen-bond acceptors (Lipinski definition) is 1. The van der Waals surface area contributed by atoms with E-state index in [0.717, 1.165) is 0 Å². The Morgan fingerprint density at radius 2 is 1.65 bits per heavy atom. The van der Waals surface area contributed by atoms with Crippen LogP contribution in [0.3, 0.4) is 0 Å². The van der Waals surface area contributed by atoms with Crippen LogP contribution in [0.1, 0.15) is 47.6 Å². The Bertz CT molecular complexity index is 629. The van der Waals surface area contributed by atoms with Crippen molar-refractivity contribution in [3.8, 4) is 0 Å². The van der Waals surface area contributed by atoms with Crippen LogP contribution in [-0.4, -0.2) is 0 Å². The van der Waals surface area contributed by atoms with Crippen LogP contribution >= 0.6 is 0 Å². The van der Waals surface area contributed by atoms with Crippen LogP contribution in [0.15, 0.2) is 42.5 Å². The molecule has 1 nitrogen and oxygen atoms in total. The fourth-order valence-electron chi connectivity index (χ4n) is 3.66. The highest BCUT2D eigenvalue weighted by Crippen LogP contribution is 2.34. The van der Waals surface area contributed by atoms with Crippen molar-refractivity contribution in [3.63, 3.8) is 0 Å². The molecule has 4 rings (SSSR count). The Morgan fingerprint density at radius 3 is 2.60 bits per heavy atom. The maximum Gasteiger partial charge on any atom is 0.0517 e. The molecule has 2 aromatic carbocycles. The van der Waals surface area contributed by atoms with Gasteiger partial charge in [0.2, 0.25) is 0 Å². The van der Waals surface area contributed by atoms with Crippen LogP contribution in [0.5, 0.6) is 0 Å². The maximum atomic E-state index is 3.72. The number of hydrogen-bond donors (Lipinski definition) is 1. The third kappa shape index (κ3) is 2.11. The molecule has 1 aliphatic carbocycles. The summed E-state index contributed by atoms with van der Waals surface area (Å²) < 4.78 is 0. The number of fused-ring (bicyclic) bond motifs is 2. The summed E-state index contributed by atoms with van der Waals surface area (Å²) in [5, 5.41) is 3.72. The molecule has 0 unspecified atom stereocenters. The van der Waals surface area contributed by atoms with Gasteiger partial charge in [-0.05, 0) is 66.8 Å². The van der Waals surface area contributed by atoms with E-state index in [4.69, 9.17) is 0 Å². The summed E-state index contributed by atoms with van der Waals surface area (Å²) in [6.07, 6.45) is 7.66. The SMILES string of the molecule is c1ccc2c(c1)CC[C@@H](c1ccc3c(c1)CCCC3)N2. The van der Waals surface area contributed by atoms with Gasteiger partial charge < -0.3 is 5.32 Å². The molecule has 1 N–H and O–H groups in total. The van der Waals surface area contributed by atoms with Crippen molar-refractivity contribution >= 4 is 5.69 Å². The van der Waals surface area contributed by atoms with Gasteiger partial charge in [0.25, 0.3) is 0 Å². The monoisotopic (exact) mass is 263 g/mol. The molecule has 1 aliphatic heterocycles. The van der Waals surface area contributed by atoms with Gasteiger partial charge in [0.1, 0.15) is 0 Å². The lowest BCUT2D eigenvalue weighted by Crippen LogP contribution is -2.18. The number of rotatable bonds is 1. The van der Waals surface area contributed by atoms with Gasteiger partial charge in [-0.3, -0.25) is 0 Å². The van der Waals surface area contributed by atoms with E-state index in [9.17, 15) is 0 Å². The number of nitrogens with one attached hydrogen (secondary N) is 1. The van der Waals surface area contributed by atoms with Crippen molar-refractivity contribution in [1.82, 2.24) is 0 Å². The van der Waals surface area contributed by atoms with E-state index in [1.807, 2.05) is 0 Å². The lowest BCUT2D eigenvalue weighted by Gasteiger charge is -2.28. The first kappa shape index (κ1) is 12.0. The van der Waals surface area contributed by atoms with Crippen LogP contribution in [-0.2, 0) is 19.3 Å². The van der Waals surface area contributed by atoms with Gasteiger partial charge in [-0.25, -0.2) is 0 Å². The highest BCUT2D eigenvalue weighted by atomic mass is 14.9. The summed E-state index contributed by atoms with van der Waals surface area (Å²) in [7, 11) is 0. The molecule has 1 heteroatoms. The number of anilines is 1. The normalized spacial score (nSPS) is 20.7. The Morgan fingerprint density at radius 1 is 0.800 bits per heavy atom. The van der Waals surface area contributed by atoms with E-state index in [1.165, 1.54) is 55.3 Å². The molecule has 0 amide bonds. The van der Waals surface area contributed by atoms with E-state index in [1.54, 1.807) is 11.1 Å². The summed E-state index contributed by atoms with van der Waals surface area (Å²) in [6.45, 7) is 0. The lowest BCUT2D eigenvalue weighted by atomic mass is 9.87. The van der Waals surface area contributed by atoms with Crippen LogP contribution in [0, 0.1) is 0 Å². The zero-order valence-corrected chi connectivity index (χ0v) is 11.9. The Labute approximate surface area is 121 Å². The molecule has 1 atom stereocenters. The van der Waals surface area contributed by atoms with E-state index in [0.29, 0.717) is 6.04 Å². The summed E-state index contributed by atoms with van der Waals surface area (Å²) in [6, 6.07) is 16.4. The van der Waals surface area contributed by atoms with Crippen molar-refractivity contribution in [2.45, 2.75) is 44.6 Å². The van der Waals surface area contributed by atoms with E-state index in [-0.39, 0.29) is 0 Å². The second-order valence-electron chi connectivity index (χ2n) is 6.13. The Kier molecular flexibility index (Phi) is 2.99. The topological polar surface area (TPSA) is 12.0 Å². The molecule has 2 aliphatic rings. The summed E-state index contributed by atoms with van der Waals surface area (Å²) in [4.78, 5) is 0. The van der Waals surface area contributed by atoms with Gasteiger partial charge in [0, 0.05) is 5.69 Å². The van der Waals surface area contributed by atoms with E-state index < -0.39 is 0 Å². The fraction of sp³-hybridized carbons (Fsp3) is 0.368. The molecular formula is C19H21N. The largest absolute Gasteiger partial charge is 0.378 e. The van der Waals surface area contributed by atoms with Crippen molar-refractivity contribution in [1.29, 1.82) is 0 Å². The fourth-order valence-corrected chi connectivity index (χ4v) is 3.66. The van der Waals surface area contributed by atoms with Crippen molar-refractivity contribution in [2.24, 2.45) is 0 Å². The van der Waals surface area contributed by atoms with E-state index in [2.05, 4.69) is 47.8 Å². The molecule has 0 spiro atoms. The first-order chi connectivity index (χ1) is 9.90. The molecule has 102 valence electrons. The highest BCUT2D eigenvalue weighted by Gasteiger charge is 2.20. The maximum absolute atomic E-state index is 3.72. The first-order valence-electron chi connectivity index (χ1n) is 7.86. The Hall–Kier alpha value is -1.76. The quantitative estimate of drug-likeness (QED) is 0.788. The van der Waals surface area contributed by atoms with Crippen molar-refractivity contribution in [3.05, 3.63) is 64.7 Å². The van der Waals surface area contributed by atoms with E-state index >= 15 is 0 Å². The van der Waals surface area contributed by atoms with Crippen LogP contribution in [0.25, 0.3) is 0 Å². The summed E-state index contributed by atoms with van der Waals surface area (Å²) >= 11 is 0. The van der Waals surface area contributed by atoms with Gasteiger partial charge in [0.15, 0.2) is 0 Å². The Balaban J connectivity index is 1.63. The molecule has 20 heavy (non-hydrogen) atoms. The van der Waals surface area contributed by atoms with Crippen LogP contribution < -0.4 is 5.32 Å². The minimum atomic E-state index is 0.483. The van der Waals surface area contributed by atoms with Gasteiger partial charge >= 0.3 is 0 Å². The minimum Gasteiger partial charge on any atom is -0.378 e. The predicted octanol–water partition coefficient (Wildman–Crippen LogP) is 4.66. The average molecular weight is 263 g/mol. The molecule has 0 radical (unpaired) electrons. The molecule has 0 bridgehead atoms. The zero-order chi connectivity index (χ0) is 13.4. The molecule has 0 fully saturated rings. The van der Waals surface area contributed by atoms with Gasteiger partial charge in [-0.15, -0.1) is 0 Å². The highest BCUT2D eigenvalue weighted by molar-refractivity contribution is 5.55. The van der Waals surface area contributed by atoms with Gasteiger partial charge in [-0.1, -0.05) is 36.4 Å². The molecule has 0 saturated heterocycles. The third-order valence-corrected chi connectivity index (χ3v) is 4.82. The first-order valence-corrected chi connectivity index (χ1v) is 7.86. The van der Waals surface area contributed by atoms with Crippen molar-refractivity contribution in [2.75, 3.05) is 5.32 Å². The minimum absolute atomic E-state index is 0.483. The number of para-hydroxylation sites is 1. The van der Waals surface area contributed by atoms with Gasteiger partial charge in [-0.2, -0.15) is 0 Å². The summed E-state index contributed by atoms with van der Waals surface area (Å²) in [5.74, 6) is 0. The van der Waals surface area contributed by atoms with Gasteiger partial charge in [0.05, 0.1) is 6.04 Å². The molecular weight excluding hydrogens is 242 g/mol. The smallest absolute Gasteiger partial charge is 0.0517 e. The molecule has 0 saturated carbocycles. The molecule has 1 heterocycles. The average Bonchev–Trinajstić information content (AvgIpc) is 2.54. The predicted molar refractivity (Wildman–Crippen MR) is 84.2 cm³/mol. The second kappa shape index (κ2) is 4.97. The lowest BCUT2D eigenvalue weighted by molar-refractivity contribution is 0.656. The van der Waals surface area contributed by atoms with Crippen LogP contribution in [0.4, 0.5) is 5.69 Å². The van der Waals surface area contributed by atoms with Crippen LogP contribution in [0.2, 0.25) is 0 Å².